The topological polar surface area (TPSA) is 71.4 Å². The molecule has 0 aromatic heterocycles. The van der Waals surface area contributed by atoms with Crippen LogP contribution >= 0.6 is 0 Å². The third-order valence-corrected chi connectivity index (χ3v) is 4.33. The van der Waals surface area contributed by atoms with E-state index in [0.717, 1.165) is 38.0 Å². The quantitative estimate of drug-likeness (QED) is 0.586. The van der Waals surface area contributed by atoms with E-state index in [-0.39, 0.29) is 11.5 Å². The van der Waals surface area contributed by atoms with Gasteiger partial charge < -0.3 is 24.4 Å². The van der Waals surface area contributed by atoms with Crippen LogP contribution in [0, 0.1) is 0 Å². The lowest BCUT2D eigenvalue weighted by Crippen LogP contribution is -2.31. The molecule has 0 aliphatic carbocycles. The maximum absolute atomic E-state index is 9.63. The Morgan fingerprint density at radius 3 is 2.19 bits per heavy atom. The number of ether oxygens (including phenoxy) is 3. The van der Waals surface area contributed by atoms with E-state index >= 15 is 0 Å². The van der Waals surface area contributed by atoms with Gasteiger partial charge in [-0.25, -0.2) is 0 Å². The number of hydrogen-bond donors (Lipinski definition) is 2. The Hall–Kier alpha value is -2.60. The number of aromatic hydroxyl groups is 2. The van der Waals surface area contributed by atoms with Crippen molar-refractivity contribution < 1.29 is 24.4 Å². The first-order valence-corrected chi connectivity index (χ1v) is 9.16. The largest absolute Gasteiger partial charge is 0.504 e. The number of para-hydroxylation sites is 1. The maximum Gasteiger partial charge on any atom is 0.203 e. The molecule has 2 aromatic rings. The molecule has 27 heavy (non-hydrogen) atoms. The highest BCUT2D eigenvalue weighted by molar-refractivity contribution is 5.51. The van der Waals surface area contributed by atoms with E-state index in [0.29, 0.717) is 23.9 Å². The van der Waals surface area contributed by atoms with Crippen molar-refractivity contribution in [1.82, 2.24) is 4.90 Å². The molecule has 0 spiro atoms. The minimum atomic E-state index is -0.0941. The third kappa shape index (κ3) is 5.96. The van der Waals surface area contributed by atoms with Gasteiger partial charge in [-0.1, -0.05) is 19.1 Å². The van der Waals surface area contributed by atoms with Crippen LogP contribution in [0.3, 0.4) is 0 Å². The second kappa shape index (κ2) is 10.5. The number of phenolic OH excluding ortho intramolecular Hbond substituents is 2. The van der Waals surface area contributed by atoms with E-state index in [1.807, 2.05) is 24.3 Å². The summed E-state index contributed by atoms with van der Waals surface area (Å²) in [5, 5.41) is 19.0. The first-order chi connectivity index (χ1) is 13.1. The van der Waals surface area contributed by atoms with Crippen LogP contribution in [0.2, 0.25) is 0 Å². The summed E-state index contributed by atoms with van der Waals surface area (Å²) >= 11 is 0. The molecule has 0 saturated carbocycles. The lowest BCUT2D eigenvalue weighted by atomic mass is 10.1. The van der Waals surface area contributed by atoms with Crippen molar-refractivity contribution >= 4 is 0 Å². The van der Waals surface area contributed by atoms with Gasteiger partial charge in [0.1, 0.15) is 6.61 Å². The Balaban J connectivity index is 1.92. The molecule has 0 amide bonds. The highest BCUT2D eigenvalue weighted by Gasteiger charge is 2.12. The van der Waals surface area contributed by atoms with Crippen LogP contribution in [-0.2, 0) is 6.42 Å². The number of nitrogens with zero attached hydrogens (tertiary/aromatic N) is 1. The second-order valence-electron chi connectivity index (χ2n) is 6.25. The molecule has 0 unspecified atom stereocenters. The molecular formula is C21H29NO5. The molecule has 6 heteroatoms. The zero-order valence-corrected chi connectivity index (χ0v) is 16.3. The fourth-order valence-corrected chi connectivity index (χ4v) is 2.90. The predicted molar refractivity (Wildman–Crippen MR) is 105 cm³/mol. The summed E-state index contributed by atoms with van der Waals surface area (Å²) in [7, 11) is 3.22. The van der Waals surface area contributed by atoms with Crippen molar-refractivity contribution in [3.8, 4) is 28.7 Å². The average Bonchev–Trinajstić information content (AvgIpc) is 2.68. The van der Waals surface area contributed by atoms with Gasteiger partial charge in [0.15, 0.2) is 23.0 Å². The van der Waals surface area contributed by atoms with Crippen LogP contribution in [-0.4, -0.2) is 55.6 Å². The summed E-state index contributed by atoms with van der Waals surface area (Å²) in [6.45, 7) is 5.21. The zero-order valence-electron chi connectivity index (χ0n) is 16.3. The molecule has 0 aliphatic heterocycles. The van der Waals surface area contributed by atoms with Crippen molar-refractivity contribution in [3.63, 3.8) is 0 Å². The molecule has 2 rings (SSSR count). The first kappa shape index (κ1) is 20.7. The van der Waals surface area contributed by atoms with E-state index in [1.54, 1.807) is 20.3 Å². The van der Waals surface area contributed by atoms with Gasteiger partial charge in [0.05, 0.1) is 14.2 Å². The summed E-state index contributed by atoms with van der Waals surface area (Å²) in [4.78, 5) is 2.31. The van der Waals surface area contributed by atoms with Crippen LogP contribution in [0.1, 0.15) is 18.9 Å². The van der Waals surface area contributed by atoms with Crippen molar-refractivity contribution in [2.45, 2.75) is 19.8 Å². The minimum absolute atomic E-state index is 0.0823. The van der Waals surface area contributed by atoms with Crippen molar-refractivity contribution in [2.75, 3.05) is 40.5 Å². The number of hydrogen-bond acceptors (Lipinski definition) is 6. The van der Waals surface area contributed by atoms with Gasteiger partial charge in [0, 0.05) is 13.1 Å². The van der Waals surface area contributed by atoms with E-state index < -0.39 is 0 Å². The summed E-state index contributed by atoms with van der Waals surface area (Å²) in [5.74, 6) is 1.73. The smallest absolute Gasteiger partial charge is 0.203 e. The molecule has 0 atom stereocenters. The molecule has 148 valence electrons. The Kier molecular flexibility index (Phi) is 8.07. The van der Waals surface area contributed by atoms with Crippen LogP contribution < -0.4 is 14.2 Å². The van der Waals surface area contributed by atoms with Gasteiger partial charge in [-0.3, -0.25) is 4.90 Å². The molecule has 0 aliphatic rings. The van der Waals surface area contributed by atoms with Gasteiger partial charge in [-0.15, -0.1) is 0 Å². The number of rotatable bonds is 11. The molecule has 2 aromatic carbocycles. The van der Waals surface area contributed by atoms with Crippen LogP contribution in [0.4, 0.5) is 0 Å². The van der Waals surface area contributed by atoms with Gasteiger partial charge in [-0.2, -0.15) is 0 Å². The molecule has 0 saturated heterocycles. The summed E-state index contributed by atoms with van der Waals surface area (Å²) in [6, 6.07) is 10.5. The standard InChI is InChI=1S/C21H29NO5/c1-4-11-22(12-10-16-8-9-17(23)18(24)15-16)13-14-27-21-19(25-2)6-5-7-20(21)26-3/h5-9,15,23-24H,4,10-14H2,1-3H3. The highest BCUT2D eigenvalue weighted by Crippen LogP contribution is 2.36. The zero-order chi connectivity index (χ0) is 19.6. The molecule has 0 bridgehead atoms. The number of benzene rings is 2. The molecule has 2 N–H and O–H groups in total. The van der Waals surface area contributed by atoms with Gasteiger partial charge in [0.25, 0.3) is 0 Å². The minimum Gasteiger partial charge on any atom is -0.504 e. The van der Waals surface area contributed by atoms with E-state index in [4.69, 9.17) is 14.2 Å². The van der Waals surface area contributed by atoms with Crippen molar-refractivity contribution in [2.24, 2.45) is 0 Å². The van der Waals surface area contributed by atoms with Crippen LogP contribution in [0.25, 0.3) is 0 Å². The fraction of sp³-hybridized carbons (Fsp3) is 0.429. The molecule has 0 fully saturated rings. The lowest BCUT2D eigenvalue weighted by Gasteiger charge is -2.22. The van der Waals surface area contributed by atoms with Crippen LogP contribution in [0.15, 0.2) is 36.4 Å². The van der Waals surface area contributed by atoms with E-state index in [2.05, 4.69) is 11.8 Å². The predicted octanol–water partition coefficient (Wildman–Crippen LogP) is 3.45. The van der Waals surface area contributed by atoms with E-state index in [9.17, 15) is 10.2 Å². The van der Waals surface area contributed by atoms with E-state index in [1.165, 1.54) is 6.07 Å². The fourth-order valence-electron chi connectivity index (χ4n) is 2.90. The first-order valence-electron chi connectivity index (χ1n) is 9.16. The highest BCUT2D eigenvalue weighted by atomic mass is 16.5. The monoisotopic (exact) mass is 375 g/mol. The maximum atomic E-state index is 9.63. The second-order valence-corrected chi connectivity index (χ2v) is 6.25. The third-order valence-electron chi connectivity index (χ3n) is 4.33. The van der Waals surface area contributed by atoms with Crippen molar-refractivity contribution in [1.29, 1.82) is 0 Å². The number of methoxy groups -OCH3 is 2. The van der Waals surface area contributed by atoms with Crippen LogP contribution in [0.5, 0.6) is 28.7 Å². The number of phenols is 2. The molecule has 6 nitrogen and oxygen atoms in total. The van der Waals surface area contributed by atoms with Gasteiger partial charge >= 0.3 is 0 Å². The Bertz CT molecular complexity index is 697. The average molecular weight is 375 g/mol. The summed E-state index contributed by atoms with van der Waals surface area (Å²) < 4.78 is 16.7. The summed E-state index contributed by atoms with van der Waals surface area (Å²) in [6.07, 6.45) is 1.82. The molecule has 0 radical (unpaired) electrons. The Morgan fingerprint density at radius 1 is 0.889 bits per heavy atom. The lowest BCUT2D eigenvalue weighted by molar-refractivity contribution is 0.200. The van der Waals surface area contributed by atoms with Gasteiger partial charge in [-0.05, 0) is 49.2 Å². The Morgan fingerprint density at radius 2 is 1.59 bits per heavy atom. The summed E-state index contributed by atoms with van der Waals surface area (Å²) in [5.41, 5.74) is 0.985. The Labute approximate surface area is 160 Å². The normalized spacial score (nSPS) is 10.8. The SMILES string of the molecule is CCCN(CCOc1c(OC)cccc1OC)CCc1ccc(O)c(O)c1. The van der Waals surface area contributed by atoms with Gasteiger partial charge in [0.2, 0.25) is 5.75 Å². The molecule has 0 heterocycles. The van der Waals surface area contributed by atoms with Crippen molar-refractivity contribution in [3.05, 3.63) is 42.0 Å². The molecular weight excluding hydrogens is 346 g/mol.